The van der Waals surface area contributed by atoms with Crippen LogP contribution in [0.2, 0.25) is 0 Å². The van der Waals surface area contributed by atoms with E-state index in [2.05, 4.69) is 22.0 Å². The van der Waals surface area contributed by atoms with Crippen LogP contribution in [0.1, 0.15) is 5.56 Å². The molecule has 1 aromatic heterocycles. The average Bonchev–Trinajstić information content (AvgIpc) is 2.83. The summed E-state index contributed by atoms with van der Waals surface area (Å²) in [6, 6.07) is 10.2. The summed E-state index contributed by atoms with van der Waals surface area (Å²) in [7, 11) is 0. The highest BCUT2D eigenvalue weighted by atomic mass is 32.1. The Balaban J connectivity index is 2.09. The molecule has 0 amide bonds. The Bertz CT molecular complexity index is 402. The van der Waals surface area contributed by atoms with Crippen LogP contribution in [0.25, 0.3) is 0 Å². The molecule has 0 unspecified atom stereocenters. The molecule has 0 atom stereocenters. The summed E-state index contributed by atoms with van der Waals surface area (Å²) in [5.74, 6) is 0. The monoisotopic (exact) mass is 234 g/mol. The van der Waals surface area contributed by atoms with E-state index >= 15 is 0 Å². The second-order valence-electron chi connectivity index (χ2n) is 3.45. The second-order valence-corrected chi connectivity index (χ2v) is 4.32. The lowest BCUT2D eigenvalue weighted by Gasteiger charge is -2.20. The van der Waals surface area contributed by atoms with Crippen LogP contribution in [-0.4, -0.2) is 23.2 Å². The first-order valence-corrected chi connectivity index (χ1v) is 6.07. The van der Waals surface area contributed by atoms with E-state index in [9.17, 15) is 0 Å². The fraction of sp³-hybridized carbons (Fsp3) is 0.250. The van der Waals surface area contributed by atoms with Crippen LogP contribution in [0.15, 0.2) is 41.9 Å². The maximum absolute atomic E-state index is 9.05. The number of thiazole rings is 1. The number of benzene rings is 1. The predicted octanol–water partition coefficient (Wildman–Crippen LogP) is 2.14. The van der Waals surface area contributed by atoms with Crippen molar-refractivity contribution in [2.24, 2.45) is 0 Å². The fourth-order valence-electron chi connectivity index (χ4n) is 1.54. The number of rotatable bonds is 5. The van der Waals surface area contributed by atoms with Crippen molar-refractivity contribution in [3.63, 3.8) is 0 Å². The third-order valence-corrected chi connectivity index (χ3v) is 3.11. The van der Waals surface area contributed by atoms with Crippen LogP contribution in [0, 0.1) is 0 Å². The zero-order chi connectivity index (χ0) is 11.2. The highest BCUT2D eigenvalue weighted by Gasteiger charge is 2.08. The van der Waals surface area contributed by atoms with Gasteiger partial charge in [0.05, 0.1) is 6.61 Å². The molecule has 0 spiro atoms. The molecule has 16 heavy (non-hydrogen) atoms. The largest absolute Gasteiger partial charge is 0.395 e. The highest BCUT2D eigenvalue weighted by Crippen LogP contribution is 2.19. The zero-order valence-corrected chi connectivity index (χ0v) is 9.73. The molecule has 0 aliphatic rings. The van der Waals surface area contributed by atoms with E-state index in [1.807, 2.05) is 23.6 Å². The first-order valence-electron chi connectivity index (χ1n) is 5.19. The Labute approximate surface area is 99.0 Å². The molecule has 0 fully saturated rings. The molecule has 2 rings (SSSR count). The van der Waals surface area contributed by atoms with Crippen LogP contribution in [0.3, 0.4) is 0 Å². The third-order valence-electron chi connectivity index (χ3n) is 2.28. The number of aliphatic hydroxyl groups is 1. The number of nitrogens with zero attached hydrogens (tertiary/aromatic N) is 2. The number of hydrogen-bond donors (Lipinski definition) is 1. The lowest BCUT2D eigenvalue weighted by Crippen LogP contribution is -2.25. The Morgan fingerprint density at radius 1 is 1.25 bits per heavy atom. The summed E-state index contributed by atoms with van der Waals surface area (Å²) in [6.45, 7) is 1.55. The molecular formula is C12H14N2OS. The van der Waals surface area contributed by atoms with Gasteiger partial charge in [0.25, 0.3) is 0 Å². The quantitative estimate of drug-likeness (QED) is 0.861. The van der Waals surface area contributed by atoms with E-state index in [0.717, 1.165) is 11.7 Å². The molecule has 3 nitrogen and oxygen atoms in total. The number of aromatic nitrogens is 1. The van der Waals surface area contributed by atoms with E-state index in [-0.39, 0.29) is 6.61 Å². The molecule has 1 heterocycles. The molecule has 0 radical (unpaired) electrons. The van der Waals surface area contributed by atoms with Gasteiger partial charge >= 0.3 is 0 Å². The van der Waals surface area contributed by atoms with Gasteiger partial charge in [-0.3, -0.25) is 0 Å². The van der Waals surface area contributed by atoms with Crippen molar-refractivity contribution >= 4 is 16.5 Å². The van der Waals surface area contributed by atoms with E-state index < -0.39 is 0 Å². The normalized spacial score (nSPS) is 10.3. The van der Waals surface area contributed by atoms with Gasteiger partial charge in [-0.25, -0.2) is 4.98 Å². The van der Waals surface area contributed by atoms with Crippen molar-refractivity contribution in [2.75, 3.05) is 18.1 Å². The summed E-state index contributed by atoms with van der Waals surface area (Å²) in [5.41, 5.74) is 1.23. The molecule has 2 aromatic rings. The Morgan fingerprint density at radius 2 is 2.06 bits per heavy atom. The number of aliphatic hydroxyl groups excluding tert-OH is 1. The summed E-state index contributed by atoms with van der Waals surface area (Å²) in [4.78, 5) is 6.35. The average molecular weight is 234 g/mol. The molecule has 0 bridgehead atoms. The molecule has 1 N–H and O–H groups in total. The van der Waals surface area contributed by atoms with Crippen molar-refractivity contribution < 1.29 is 5.11 Å². The highest BCUT2D eigenvalue weighted by molar-refractivity contribution is 7.13. The lowest BCUT2D eigenvalue weighted by atomic mass is 10.2. The van der Waals surface area contributed by atoms with Crippen molar-refractivity contribution in [3.05, 3.63) is 47.5 Å². The molecule has 84 valence electrons. The Kier molecular flexibility index (Phi) is 3.91. The molecule has 1 aromatic carbocycles. The van der Waals surface area contributed by atoms with Crippen molar-refractivity contribution in [2.45, 2.75) is 6.54 Å². The van der Waals surface area contributed by atoms with Gasteiger partial charge in [-0.05, 0) is 5.56 Å². The minimum atomic E-state index is 0.145. The Hall–Kier alpha value is -1.39. The molecular weight excluding hydrogens is 220 g/mol. The molecule has 0 aliphatic carbocycles. The molecule has 0 saturated heterocycles. The maximum atomic E-state index is 9.05. The van der Waals surface area contributed by atoms with Crippen LogP contribution >= 0.6 is 11.3 Å². The summed E-state index contributed by atoms with van der Waals surface area (Å²) in [5, 5.41) is 12.0. The topological polar surface area (TPSA) is 36.4 Å². The third kappa shape index (κ3) is 2.81. The second kappa shape index (κ2) is 5.63. The number of hydrogen-bond acceptors (Lipinski definition) is 4. The zero-order valence-electron chi connectivity index (χ0n) is 8.91. The van der Waals surface area contributed by atoms with Gasteiger partial charge in [-0.2, -0.15) is 0 Å². The van der Waals surface area contributed by atoms with Crippen LogP contribution in [0.5, 0.6) is 0 Å². The van der Waals surface area contributed by atoms with E-state index in [1.165, 1.54) is 5.56 Å². The summed E-state index contributed by atoms with van der Waals surface area (Å²) >= 11 is 1.59. The van der Waals surface area contributed by atoms with Gasteiger partial charge < -0.3 is 10.0 Å². The first-order chi connectivity index (χ1) is 7.90. The maximum Gasteiger partial charge on any atom is 0.185 e. The van der Waals surface area contributed by atoms with Gasteiger partial charge in [0.15, 0.2) is 5.13 Å². The minimum Gasteiger partial charge on any atom is -0.395 e. The van der Waals surface area contributed by atoms with E-state index in [0.29, 0.717) is 6.54 Å². The van der Waals surface area contributed by atoms with Crippen LogP contribution in [-0.2, 0) is 6.54 Å². The van der Waals surface area contributed by atoms with Gasteiger partial charge in [0.1, 0.15) is 0 Å². The van der Waals surface area contributed by atoms with Crippen molar-refractivity contribution in [3.8, 4) is 0 Å². The summed E-state index contributed by atoms with van der Waals surface area (Å²) in [6.07, 6.45) is 1.79. The van der Waals surface area contributed by atoms with Gasteiger partial charge in [0, 0.05) is 24.7 Å². The summed E-state index contributed by atoms with van der Waals surface area (Å²) < 4.78 is 0. The fourth-order valence-corrected chi connectivity index (χ4v) is 2.21. The van der Waals surface area contributed by atoms with E-state index in [1.54, 1.807) is 17.5 Å². The van der Waals surface area contributed by atoms with Crippen molar-refractivity contribution in [1.29, 1.82) is 0 Å². The molecule has 4 heteroatoms. The smallest absolute Gasteiger partial charge is 0.185 e. The van der Waals surface area contributed by atoms with Crippen LogP contribution < -0.4 is 4.90 Å². The standard InChI is InChI=1S/C12H14N2OS/c15-8-7-14(12-13-6-9-16-12)10-11-4-2-1-3-5-11/h1-6,9,15H,7-8,10H2. The number of anilines is 1. The van der Waals surface area contributed by atoms with Gasteiger partial charge in [0.2, 0.25) is 0 Å². The van der Waals surface area contributed by atoms with Crippen molar-refractivity contribution in [1.82, 2.24) is 4.98 Å². The first kappa shape index (κ1) is 11.1. The SMILES string of the molecule is OCCN(Cc1ccccc1)c1nccs1. The Morgan fingerprint density at radius 3 is 2.69 bits per heavy atom. The van der Waals surface area contributed by atoms with Crippen LogP contribution in [0.4, 0.5) is 5.13 Å². The van der Waals surface area contributed by atoms with E-state index in [4.69, 9.17) is 5.11 Å². The molecule has 0 saturated carbocycles. The minimum absolute atomic E-state index is 0.145. The predicted molar refractivity (Wildman–Crippen MR) is 66.7 cm³/mol. The van der Waals surface area contributed by atoms with Gasteiger partial charge in [-0.15, -0.1) is 11.3 Å². The lowest BCUT2D eigenvalue weighted by molar-refractivity contribution is 0.301. The van der Waals surface area contributed by atoms with Gasteiger partial charge in [-0.1, -0.05) is 30.3 Å². The molecule has 0 aliphatic heterocycles.